The molecule has 0 aliphatic rings. The van der Waals surface area contributed by atoms with Crippen molar-refractivity contribution in [3.63, 3.8) is 0 Å². The maximum atomic E-state index is 3.25. The lowest BCUT2D eigenvalue weighted by atomic mass is 9.98. The van der Waals surface area contributed by atoms with E-state index in [-0.39, 0.29) is 0 Å². The summed E-state index contributed by atoms with van der Waals surface area (Å²) in [5.74, 6) is 0. The van der Waals surface area contributed by atoms with Crippen LogP contribution in [0.3, 0.4) is 0 Å². The van der Waals surface area contributed by atoms with Gasteiger partial charge in [0.05, 0.1) is 0 Å². The summed E-state index contributed by atoms with van der Waals surface area (Å²) in [7, 11) is 0. The molecule has 0 unspecified atom stereocenters. The highest BCUT2D eigenvalue weighted by Gasteiger charge is 2.05. The Hall–Kier alpha value is -1.50. The maximum absolute atomic E-state index is 3.25. The largest absolute Gasteiger partial charge is 0.361 e. The highest BCUT2D eigenvalue weighted by Crippen LogP contribution is 2.25. The molecule has 2 rings (SSSR count). The standard InChI is InChI=1S/C13H15N/c1-9-7-10(2)11(3)12(8-9)13-5-4-6-14-13/h4-8,14H,1-3H3. The molecule has 0 aliphatic heterocycles. The molecule has 0 saturated carbocycles. The molecule has 1 heteroatoms. The molecule has 0 radical (unpaired) electrons. The summed E-state index contributed by atoms with van der Waals surface area (Å²) in [6.45, 7) is 6.47. The summed E-state index contributed by atoms with van der Waals surface area (Å²) in [5.41, 5.74) is 6.55. The van der Waals surface area contributed by atoms with Crippen molar-refractivity contribution in [2.75, 3.05) is 0 Å². The average Bonchev–Trinajstić information content (AvgIpc) is 2.63. The van der Waals surface area contributed by atoms with Crippen LogP contribution in [0.1, 0.15) is 16.7 Å². The topological polar surface area (TPSA) is 15.8 Å². The predicted molar refractivity (Wildman–Crippen MR) is 60.4 cm³/mol. The van der Waals surface area contributed by atoms with Gasteiger partial charge in [0, 0.05) is 17.5 Å². The van der Waals surface area contributed by atoms with Crippen LogP contribution in [0.4, 0.5) is 0 Å². The smallest absolute Gasteiger partial charge is 0.0456 e. The average molecular weight is 185 g/mol. The molecular weight excluding hydrogens is 170 g/mol. The van der Waals surface area contributed by atoms with Crippen molar-refractivity contribution in [3.05, 3.63) is 47.2 Å². The fourth-order valence-electron chi connectivity index (χ4n) is 1.82. The van der Waals surface area contributed by atoms with E-state index in [2.05, 4.69) is 44.0 Å². The minimum atomic E-state index is 1.20. The van der Waals surface area contributed by atoms with Crippen LogP contribution in [0.15, 0.2) is 30.5 Å². The Balaban J connectivity index is 2.64. The lowest BCUT2D eigenvalue weighted by Gasteiger charge is -2.08. The van der Waals surface area contributed by atoms with E-state index in [0.29, 0.717) is 0 Å². The fraction of sp³-hybridized carbons (Fsp3) is 0.231. The lowest BCUT2D eigenvalue weighted by molar-refractivity contribution is 1.28. The van der Waals surface area contributed by atoms with E-state index < -0.39 is 0 Å². The molecule has 14 heavy (non-hydrogen) atoms. The fourth-order valence-corrected chi connectivity index (χ4v) is 1.82. The Labute approximate surface area is 84.8 Å². The van der Waals surface area contributed by atoms with Gasteiger partial charge in [0.1, 0.15) is 0 Å². The Morgan fingerprint density at radius 1 is 1.07 bits per heavy atom. The highest BCUT2D eigenvalue weighted by atomic mass is 14.7. The second kappa shape index (κ2) is 3.33. The van der Waals surface area contributed by atoms with Gasteiger partial charge in [-0.05, 0) is 50.1 Å². The first-order valence-electron chi connectivity index (χ1n) is 4.90. The van der Waals surface area contributed by atoms with Crippen molar-refractivity contribution in [2.45, 2.75) is 20.8 Å². The second-order valence-electron chi connectivity index (χ2n) is 3.84. The Bertz CT molecular complexity index is 439. The number of hydrogen-bond donors (Lipinski definition) is 1. The molecule has 72 valence electrons. The van der Waals surface area contributed by atoms with Crippen LogP contribution in [0.2, 0.25) is 0 Å². The molecule has 0 saturated heterocycles. The van der Waals surface area contributed by atoms with E-state index in [0.717, 1.165) is 0 Å². The van der Waals surface area contributed by atoms with Crippen molar-refractivity contribution >= 4 is 0 Å². The molecule has 1 aromatic carbocycles. The van der Waals surface area contributed by atoms with Crippen LogP contribution >= 0.6 is 0 Å². The lowest BCUT2D eigenvalue weighted by Crippen LogP contribution is -1.89. The highest BCUT2D eigenvalue weighted by molar-refractivity contribution is 5.66. The first kappa shape index (κ1) is 9.07. The third-order valence-corrected chi connectivity index (χ3v) is 2.70. The number of hydrogen-bond acceptors (Lipinski definition) is 0. The number of aromatic nitrogens is 1. The number of aromatic amines is 1. The van der Waals surface area contributed by atoms with Gasteiger partial charge in [0.2, 0.25) is 0 Å². The second-order valence-corrected chi connectivity index (χ2v) is 3.84. The van der Waals surface area contributed by atoms with Gasteiger partial charge in [0.15, 0.2) is 0 Å². The van der Waals surface area contributed by atoms with Gasteiger partial charge in [-0.3, -0.25) is 0 Å². The summed E-state index contributed by atoms with van der Waals surface area (Å²) in [4.78, 5) is 3.25. The monoisotopic (exact) mass is 185 g/mol. The summed E-state index contributed by atoms with van der Waals surface area (Å²) in [5, 5.41) is 0. The SMILES string of the molecule is Cc1cc(C)c(C)c(-c2ccc[nH]2)c1. The maximum Gasteiger partial charge on any atom is 0.0456 e. The van der Waals surface area contributed by atoms with Crippen LogP contribution < -0.4 is 0 Å². The van der Waals surface area contributed by atoms with Gasteiger partial charge in [-0.1, -0.05) is 11.6 Å². The van der Waals surface area contributed by atoms with Gasteiger partial charge in [-0.15, -0.1) is 0 Å². The van der Waals surface area contributed by atoms with E-state index in [4.69, 9.17) is 0 Å². The molecule has 1 aromatic heterocycles. The number of aryl methyl sites for hydroxylation is 2. The molecule has 1 nitrogen and oxygen atoms in total. The zero-order valence-corrected chi connectivity index (χ0v) is 8.89. The Morgan fingerprint density at radius 2 is 1.86 bits per heavy atom. The molecule has 1 N–H and O–H groups in total. The van der Waals surface area contributed by atoms with E-state index >= 15 is 0 Å². The van der Waals surface area contributed by atoms with E-state index in [1.54, 1.807) is 0 Å². The minimum Gasteiger partial charge on any atom is -0.361 e. The van der Waals surface area contributed by atoms with Crippen molar-refractivity contribution in [1.29, 1.82) is 0 Å². The molecule has 0 spiro atoms. The summed E-state index contributed by atoms with van der Waals surface area (Å²) in [6.07, 6.45) is 1.96. The summed E-state index contributed by atoms with van der Waals surface area (Å²) < 4.78 is 0. The Kier molecular flexibility index (Phi) is 2.16. The minimum absolute atomic E-state index is 1.20. The molecule has 0 aliphatic carbocycles. The number of nitrogens with one attached hydrogen (secondary N) is 1. The first-order valence-corrected chi connectivity index (χ1v) is 4.90. The number of H-pyrrole nitrogens is 1. The molecule has 1 heterocycles. The van der Waals surface area contributed by atoms with Crippen LogP contribution in [-0.4, -0.2) is 4.98 Å². The van der Waals surface area contributed by atoms with Crippen LogP contribution in [0.5, 0.6) is 0 Å². The quantitative estimate of drug-likeness (QED) is 0.698. The third kappa shape index (κ3) is 1.46. The van der Waals surface area contributed by atoms with Gasteiger partial charge < -0.3 is 4.98 Å². The van der Waals surface area contributed by atoms with Crippen LogP contribution in [0.25, 0.3) is 11.3 Å². The molecule has 0 bridgehead atoms. The van der Waals surface area contributed by atoms with Crippen molar-refractivity contribution in [1.82, 2.24) is 4.98 Å². The van der Waals surface area contributed by atoms with Gasteiger partial charge in [-0.2, -0.15) is 0 Å². The van der Waals surface area contributed by atoms with Crippen LogP contribution in [-0.2, 0) is 0 Å². The van der Waals surface area contributed by atoms with E-state index in [9.17, 15) is 0 Å². The zero-order chi connectivity index (χ0) is 10.1. The van der Waals surface area contributed by atoms with Gasteiger partial charge in [0.25, 0.3) is 0 Å². The summed E-state index contributed by atoms with van der Waals surface area (Å²) >= 11 is 0. The van der Waals surface area contributed by atoms with Crippen molar-refractivity contribution in [3.8, 4) is 11.3 Å². The van der Waals surface area contributed by atoms with E-state index in [1.807, 2.05) is 12.3 Å². The van der Waals surface area contributed by atoms with Gasteiger partial charge in [-0.25, -0.2) is 0 Å². The normalized spacial score (nSPS) is 10.5. The molecule has 0 amide bonds. The first-order chi connectivity index (χ1) is 6.68. The predicted octanol–water partition coefficient (Wildman–Crippen LogP) is 3.61. The number of rotatable bonds is 1. The van der Waals surface area contributed by atoms with Crippen LogP contribution in [0, 0.1) is 20.8 Å². The van der Waals surface area contributed by atoms with E-state index in [1.165, 1.54) is 27.9 Å². The Morgan fingerprint density at radius 3 is 2.50 bits per heavy atom. The summed E-state index contributed by atoms with van der Waals surface area (Å²) in [6, 6.07) is 8.60. The van der Waals surface area contributed by atoms with Gasteiger partial charge >= 0.3 is 0 Å². The molecular formula is C13H15N. The zero-order valence-electron chi connectivity index (χ0n) is 8.89. The molecule has 0 atom stereocenters. The van der Waals surface area contributed by atoms with Crippen molar-refractivity contribution in [2.24, 2.45) is 0 Å². The number of benzene rings is 1. The molecule has 2 aromatic rings. The molecule has 0 fully saturated rings. The van der Waals surface area contributed by atoms with Crippen molar-refractivity contribution < 1.29 is 0 Å². The third-order valence-electron chi connectivity index (χ3n) is 2.70.